The zero-order chi connectivity index (χ0) is 30.8. The highest BCUT2D eigenvalue weighted by molar-refractivity contribution is 4.93. The van der Waals surface area contributed by atoms with E-state index in [-0.39, 0.29) is 5.79 Å². The molecule has 0 aromatic rings. The zero-order valence-electron chi connectivity index (χ0n) is 28.9. The fourth-order valence-electron chi connectivity index (χ4n) is 5.63. The van der Waals surface area contributed by atoms with E-state index in [0.29, 0.717) is 0 Å². The van der Waals surface area contributed by atoms with Crippen molar-refractivity contribution in [3.63, 3.8) is 0 Å². The largest absolute Gasteiger partial charge is 0.349 e. The summed E-state index contributed by atoms with van der Waals surface area (Å²) in [6, 6.07) is 0. The minimum atomic E-state index is -0.367. The first-order valence-corrected chi connectivity index (χ1v) is 18.9. The summed E-state index contributed by atoms with van der Waals surface area (Å²) in [5, 5.41) is 3.46. The standard InChI is InChI=1S/C40H73NO2/c1-3-5-7-9-11-13-15-17-19-21-23-25-27-29-31-33-37-42-40(35-36-41-39-40)43-38-34-32-30-28-26-24-22-20-18-16-14-12-10-8-6-4-2/h11-14,17-20,41H,3-10,15-16,21-39H2,1-2H3/b13-11-,14-12-,19-17-,20-18-. The Kier molecular flexibility index (Phi) is 29.9. The normalized spacial score (nSPS) is 15.4. The lowest BCUT2D eigenvalue weighted by Crippen LogP contribution is -2.39. The molecule has 3 heteroatoms. The van der Waals surface area contributed by atoms with Gasteiger partial charge in [-0.3, -0.25) is 0 Å². The highest BCUT2D eigenvalue weighted by Crippen LogP contribution is 2.23. The van der Waals surface area contributed by atoms with Crippen molar-refractivity contribution in [1.29, 1.82) is 0 Å². The average Bonchev–Trinajstić information content (AvgIpc) is 3.49. The second kappa shape index (κ2) is 32.2. The smallest absolute Gasteiger partial charge is 0.181 e. The molecule has 0 aliphatic carbocycles. The summed E-state index contributed by atoms with van der Waals surface area (Å²) in [5.74, 6) is -0.367. The topological polar surface area (TPSA) is 30.5 Å². The number of rotatable bonds is 32. The number of hydrogen-bond donors (Lipinski definition) is 1. The van der Waals surface area contributed by atoms with Gasteiger partial charge in [0.25, 0.3) is 0 Å². The van der Waals surface area contributed by atoms with E-state index in [2.05, 4.69) is 67.8 Å². The van der Waals surface area contributed by atoms with Crippen molar-refractivity contribution in [2.45, 2.75) is 180 Å². The van der Waals surface area contributed by atoms with Crippen molar-refractivity contribution in [1.82, 2.24) is 5.32 Å². The Morgan fingerprint density at radius 3 is 1.21 bits per heavy atom. The SMILES string of the molecule is CCCCC/C=C\C/C=C\CCCCCCCCOC1(OCCCCCCCC/C=C\C/C=C\CCCCC)CCNC1. The van der Waals surface area contributed by atoms with Gasteiger partial charge in [0, 0.05) is 19.5 Å². The fraction of sp³-hybridized carbons (Fsp3) is 0.800. The lowest BCUT2D eigenvalue weighted by Gasteiger charge is -2.29. The molecule has 3 nitrogen and oxygen atoms in total. The molecule has 250 valence electrons. The van der Waals surface area contributed by atoms with E-state index in [1.807, 2.05) is 0 Å². The summed E-state index contributed by atoms with van der Waals surface area (Å²) in [7, 11) is 0. The van der Waals surface area contributed by atoms with Crippen molar-refractivity contribution in [3.05, 3.63) is 48.6 Å². The Hall–Kier alpha value is -1.16. The number of allylic oxidation sites excluding steroid dienone is 8. The Bertz CT molecular complexity index is 622. The highest BCUT2D eigenvalue weighted by Gasteiger charge is 2.35. The lowest BCUT2D eigenvalue weighted by atomic mass is 10.1. The van der Waals surface area contributed by atoms with Crippen molar-refractivity contribution in [2.75, 3.05) is 26.3 Å². The molecule has 1 aliphatic rings. The third-order valence-electron chi connectivity index (χ3n) is 8.50. The number of hydrogen-bond acceptors (Lipinski definition) is 3. The van der Waals surface area contributed by atoms with Crippen LogP contribution in [0.15, 0.2) is 48.6 Å². The minimum Gasteiger partial charge on any atom is -0.349 e. The molecule has 43 heavy (non-hydrogen) atoms. The monoisotopic (exact) mass is 600 g/mol. The summed E-state index contributed by atoms with van der Waals surface area (Å²) in [5.41, 5.74) is 0. The third kappa shape index (κ3) is 26.9. The molecule has 0 bridgehead atoms. The third-order valence-corrected chi connectivity index (χ3v) is 8.50. The van der Waals surface area contributed by atoms with Gasteiger partial charge in [-0.05, 0) is 77.0 Å². The first kappa shape index (κ1) is 39.9. The number of nitrogens with one attached hydrogen (secondary N) is 1. The van der Waals surface area contributed by atoms with Crippen molar-refractivity contribution in [3.8, 4) is 0 Å². The van der Waals surface area contributed by atoms with Gasteiger partial charge in [-0.25, -0.2) is 0 Å². The van der Waals surface area contributed by atoms with E-state index >= 15 is 0 Å². The van der Waals surface area contributed by atoms with Crippen LogP contribution in [-0.2, 0) is 9.47 Å². The summed E-state index contributed by atoms with van der Waals surface area (Å²) in [4.78, 5) is 0. The second-order valence-electron chi connectivity index (χ2n) is 12.7. The predicted octanol–water partition coefficient (Wildman–Crippen LogP) is 12.3. The second-order valence-corrected chi connectivity index (χ2v) is 12.7. The Balaban J connectivity index is 1.91. The highest BCUT2D eigenvalue weighted by atomic mass is 16.7. The molecule has 1 aliphatic heterocycles. The first-order valence-electron chi connectivity index (χ1n) is 18.9. The molecule has 0 spiro atoms. The van der Waals surface area contributed by atoms with Gasteiger partial charge in [-0.2, -0.15) is 0 Å². The summed E-state index contributed by atoms with van der Waals surface area (Å²) >= 11 is 0. The van der Waals surface area contributed by atoms with Gasteiger partial charge in [-0.1, -0.05) is 140 Å². The zero-order valence-corrected chi connectivity index (χ0v) is 28.9. The molecular formula is C40H73NO2. The van der Waals surface area contributed by atoms with E-state index < -0.39 is 0 Å². The molecule has 0 aromatic heterocycles. The van der Waals surface area contributed by atoms with E-state index in [1.165, 1.54) is 128 Å². The van der Waals surface area contributed by atoms with Crippen LogP contribution in [0.25, 0.3) is 0 Å². The maximum Gasteiger partial charge on any atom is 0.181 e. The lowest BCUT2D eigenvalue weighted by molar-refractivity contribution is -0.224. The van der Waals surface area contributed by atoms with Crippen molar-refractivity contribution in [2.24, 2.45) is 0 Å². The van der Waals surface area contributed by atoms with Crippen molar-refractivity contribution < 1.29 is 9.47 Å². The molecular weight excluding hydrogens is 526 g/mol. The van der Waals surface area contributed by atoms with Gasteiger partial charge in [-0.15, -0.1) is 0 Å². The van der Waals surface area contributed by atoms with E-state index in [9.17, 15) is 0 Å². The molecule has 1 heterocycles. The van der Waals surface area contributed by atoms with Crippen LogP contribution in [0.2, 0.25) is 0 Å². The first-order chi connectivity index (χ1) is 21.3. The van der Waals surface area contributed by atoms with E-state index in [0.717, 1.165) is 58.4 Å². The van der Waals surface area contributed by atoms with Crippen LogP contribution in [-0.4, -0.2) is 32.1 Å². The van der Waals surface area contributed by atoms with Crippen molar-refractivity contribution >= 4 is 0 Å². The molecule has 0 amide bonds. The minimum absolute atomic E-state index is 0.367. The average molecular weight is 600 g/mol. The molecule has 0 aromatic carbocycles. The molecule has 0 radical (unpaired) electrons. The summed E-state index contributed by atoms with van der Waals surface area (Å²) in [6.45, 7) is 8.05. The molecule has 0 saturated carbocycles. The van der Waals surface area contributed by atoms with Gasteiger partial charge in [0.15, 0.2) is 5.79 Å². The Labute approximate surface area is 269 Å². The maximum atomic E-state index is 6.33. The van der Waals surface area contributed by atoms with Crippen LogP contribution >= 0.6 is 0 Å². The molecule has 1 fully saturated rings. The number of ether oxygens (including phenoxy) is 2. The predicted molar refractivity (Wildman–Crippen MR) is 191 cm³/mol. The molecule has 1 rings (SSSR count). The molecule has 1 N–H and O–H groups in total. The van der Waals surface area contributed by atoms with Crippen LogP contribution in [0, 0.1) is 0 Å². The Morgan fingerprint density at radius 1 is 0.465 bits per heavy atom. The van der Waals surface area contributed by atoms with Gasteiger partial charge >= 0.3 is 0 Å². The van der Waals surface area contributed by atoms with Crippen LogP contribution < -0.4 is 5.32 Å². The molecule has 1 saturated heterocycles. The number of unbranched alkanes of at least 4 members (excludes halogenated alkanes) is 18. The van der Waals surface area contributed by atoms with Crippen LogP contribution in [0.5, 0.6) is 0 Å². The fourth-order valence-corrected chi connectivity index (χ4v) is 5.63. The molecule has 0 atom stereocenters. The maximum absolute atomic E-state index is 6.33. The van der Waals surface area contributed by atoms with E-state index in [1.54, 1.807) is 0 Å². The van der Waals surface area contributed by atoms with Gasteiger partial charge in [0.2, 0.25) is 0 Å². The van der Waals surface area contributed by atoms with E-state index in [4.69, 9.17) is 9.47 Å². The van der Waals surface area contributed by atoms with Gasteiger partial charge in [0.05, 0.1) is 13.2 Å². The van der Waals surface area contributed by atoms with Crippen LogP contribution in [0.4, 0.5) is 0 Å². The quantitative estimate of drug-likeness (QED) is 0.0474. The van der Waals surface area contributed by atoms with Gasteiger partial charge < -0.3 is 14.8 Å². The van der Waals surface area contributed by atoms with Crippen LogP contribution in [0.1, 0.15) is 174 Å². The summed E-state index contributed by atoms with van der Waals surface area (Å²) in [6.07, 6.45) is 50.5. The Morgan fingerprint density at radius 2 is 0.837 bits per heavy atom. The summed E-state index contributed by atoms with van der Waals surface area (Å²) < 4.78 is 12.7. The van der Waals surface area contributed by atoms with Crippen LogP contribution in [0.3, 0.4) is 0 Å². The molecule has 0 unspecified atom stereocenters. The van der Waals surface area contributed by atoms with Gasteiger partial charge in [0.1, 0.15) is 0 Å².